The van der Waals surface area contributed by atoms with Gasteiger partial charge in [-0.05, 0) is 35.5 Å². The summed E-state index contributed by atoms with van der Waals surface area (Å²) < 4.78 is 1.66. The van der Waals surface area contributed by atoms with Gasteiger partial charge in [-0.1, -0.05) is 6.07 Å². The summed E-state index contributed by atoms with van der Waals surface area (Å²) in [5.74, 6) is 0.0770. The largest absolute Gasteiger partial charge is 0.504 e. The molecule has 0 radical (unpaired) electrons. The quantitative estimate of drug-likeness (QED) is 0.835. The summed E-state index contributed by atoms with van der Waals surface area (Å²) in [7, 11) is 1.74. The molecule has 2 N–H and O–H groups in total. The number of anilines is 1. The molecular weight excluding hydrogens is 294 g/mol. The number of fused-ring (bicyclic) bond motifs is 1. The Morgan fingerprint density at radius 2 is 2.25 bits per heavy atom. The first-order chi connectivity index (χ1) is 9.66. The van der Waals surface area contributed by atoms with Crippen molar-refractivity contribution in [1.82, 2.24) is 9.29 Å². The van der Waals surface area contributed by atoms with E-state index in [2.05, 4.69) is 10.3 Å². The van der Waals surface area contributed by atoms with E-state index in [-0.39, 0.29) is 17.4 Å². The van der Waals surface area contributed by atoms with E-state index in [0.29, 0.717) is 5.82 Å². The van der Waals surface area contributed by atoms with Gasteiger partial charge in [0.2, 0.25) is 0 Å². The first-order valence-electron chi connectivity index (χ1n) is 5.82. The number of nitrogens with one attached hydrogen (secondary N) is 1. The molecule has 20 heavy (non-hydrogen) atoms. The fourth-order valence-corrected chi connectivity index (χ4v) is 3.79. The van der Waals surface area contributed by atoms with Crippen molar-refractivity contribution >= 4 is 40.8 Å². The number of hydrogen-bond acceptors (Lipinski definition) is 6. The molecule has 0 saturated carbocycles. The minimum absolute atomic E-state index is 0.00433. The molecule has 0 aromatic carbocycles. The van der Waals surface area contributed by atoms with Gasteiger partial charge in [-0.25, -0.2) is 4.98 Å². The standard InChI is InChI=1S/C13H11N3O2S2/c1-16-10(11(17)12-8(20-16)5-7-19-12)13(18)15-9-4-2-3-6-14-9/h2-7,17H,1H3,(H,14,15,18). The zero-order valence-electron chi connectivity index (χ0n) is 10.5. The summed E-state index contributed by atoms with van der Waals surface area (Å²) in [6.07, 6.45) is 1.60. The first kappa shape index (κ1) is 13.0. The fourth-order valence-electron chi connectivity index (χ4n) is 1.85. The lowest BCUT2D eigenvalue weighted by molar-refractivity contribution is -0.113. The van der Waals surface area contributed by atoms with Crippen molar-refractivity contribution in [3.8, 4) is 0 Å². The molecule has 2 aromatic rings. The Morgan fingerprint density at radius 3 is 3.00 bits per heavy atom. The average molecular weight is 305 g/mol. The highest BCUT2D eigenvalue weighted by Gasteiger charge is 2.29. The Balaban J connectivity index is 1.93. The molecule has 7 heteroatoms. The predicted molar refractivity (Wildman–Crippen MR) is 80.4 cm³/mol. The van der Waals surface area contributed by atoms with Crippen molar-refractivity contribution < 1.29 is 9.90 Å². The van der Waals surface area contributed by atoms with Gasteiger partial charge in [0.25, 0.3) is 5.91 Å². The topological polar surface area (TPSA) is 65.5 Å². The van der Waals surface area contributed by atoms with Crippen LogP contribution < -0.4 is 5.32 Å². The van der Waals surface area contributed by atoms with Crippen LogP contribution in [-0.2, 0) is 4.79 Å². The van der Waals surface area contributed by atoms with E-state index in [1.807, 2.05) is 11.4 Å². The van der Waals surface area contributed by atoms with Crippen molar-refractivity contribution in [3.05, 3.63) is 46.4 Å². The number of aromatic nitrogens is 1. The zero-order valence-corrected chi connectivity index (χ0v) is 12.2. The second-order valence-electron chi connectivity index (χ2n) is 4.07. The minimum Gasteiger partial charge on any atom is -0.504 e. The molecule has 1 amide bonds. The lowest BCUT2D eigenvalue weighted by Gasteiger charge is -2.25. The van der Waals surface area contributed by atoms with Crippen LogP contribution >= 0.6 is 23.3 Å². The summed E-state index contributed by atoms with van der Waals surface area (Å²) in [4.78, 5) is 18.0. The smallest absolute Gasteiger partial charge is 0.277 e. The SMILES string of the molecule is CN1Sc2ccsc2C(O)=C1C(=O)Nc1ccccn1. The molecule has 5 nitrogen and oxygen atoms in total. The van der Waals surface area contributed by atoms with Crippen molar-refractivity contribution in [2.24, 2.45) is 0 Å². The maximum absolute atomic E-state index is 12.3. The van der Waals surface area contributed by atoms with Gasteiger partial charge < -0.3 is 14.7 Å². The second kappa shape index (κ2) is 5.18. The van der Waals surface area contributed by atoms with Crippen LogP contribution in [0.4, 0.5) is 5.82 Å². The van der Waals surface area contributed by atoms with Crippen LogP contribution in [0.3, 0.4) is 0 Å². The van der Waals surface area contributed by atoms with Crippen LogP contribution in [0.15, 0.2) is 46.4 Å². The van der Waals surface area contributed by atoms with Crippen molar-refractivity contribution in [1.29, 1.82) is 0 Å². The number of likely N-dealkylation sites (N-methyl/N-ethyl adjacent to an activating group) is 1. The molecule has 0 aliphatic carbocycles. The Bertz CT molecular complexity index is 682. The van der Waals surface area contributed by atoms with Crippen molar-refractivity contribution in [3.63, 3.8) is 0 Å². The van der Waals surface area contributed by atoms with Gasteiger partial charge in [-0.15, -0.1) is 11.3 Å². The predicted octanol–water partition coefficient (Wildman–Crippen LogP) is 2.96. The van der Waals surface area contributed by atoms with Crippen LogP contribution in [0.2, 0.25) is 0 Å². The van der Waals surface area contributed by atoms with Crippen molar-refractivity contribution in [2.75, 3.05) is 12.4 Å². The maximum atomic E-state index is 12.3. The summed E-state index contributed by atoms with van der Waals surface area (Å²) in [5, 5.41) is 14.9. The molecule has 3 heterocycles. The fraction of sp³-hybridized carbons (Fsp3) is 0.0769. The summed E-state index contributed by atoms with van der Waals surface area (Å²) in [5.41, 5.74) is 0.232. The normalized spacial score (nSPS) is 14.2. The third kappa shape index (κ3) is 2.25. The number of pyridine rings is 1. The van der Waals surface area contributed by atoms with E-state index in [1.54, 1.807) is 35.7 Å². The molecule has 0 unspecified atom stereocenters. The van der Waals surface area contributed by atoms with Crippen LogP contribution in [0.5, 0.6) is 0 Å². The molecule has 0 bridgehead atoms. The van der Waals surface area contributed by atoms with Gasteiger partial charge in [-0.2, -0.15) is 0 Å². The second-order valence-corrected chi connectivity index (χ2v) is 6.16. The number of thiophene rings is 1. The first-order valence-corrected chi connectivity index (χ1v) is 7.47. The Morgan fingerprint density at radius 1 is 1.40 bits per heavy atom. The molecule has 2 aromatic heterocycles. The van der Waals surface area contributed by atoms with E-state index >= 15 is 0 Å². The summed E-state index contributed by atoms with van der Waals surface area (Å²) >= 11 is 2.83. The number of carbonyl (C=O) groups is 1. The average Bonchev–Trinajstić information content (AvgIpc) is 2.88. The van der Waals surface area contributed by atoms with Gasteiger partial charge in [0.1, 0.15) is 5.82 Å². The number of nitrogens with zero attached hydrogens (tertiary/aromatic N) is 2. The number of aliphatic hydroxyl groups excluding tert-OH is 1. The van der Waals surface area contributed by atoms with E-state index in [4.69, 9.17) is 0 Å². The van der Waals surface area contributed by atoms with Crippen LogP contribution in [0.25, 0.3) is 5.76 Å². The summed E-state index contributed by atoms with van der Waals surface area (Å²) in [6, 6.07) is 7.17. The molecule has 1 aliphatic heterocycles. The minimum atomic E-state index is -0.379. The van der Waals surface area contributed by atoms with E-state index in [0.717, 1.165) is 9.77 Å². The monoisotopic (exact) mass is 305 g/mol. The van der Waals surface area contributed by atoms with Crippen molar-refractivity contribution in [2.45, 2.75) is 4.90 Å². The van der Waals surface area contributed by atoms with Gasteiger partial charge in [0, 0.05) is 13.2 Å². The molecule has 102 valence electrons. The number of amides is 1. The molecule has 3 rings (SSSR count). The highest BCUT2D eigenvalue weighted by atomic mass is 32.2. The van der Waals surface area contributed by atoms with Crippen LogP contribution in [0.1, 0.15) is 4.88 Å². The molecule has 0 spiro atoms. The third-order valence-corrected chi connectivity index (χ3v) is 4.78. The Kier molecular flexibility index (Phi) is 3.37. The molecule has 0 saturated heterocycles. The van der Waals surface area contributed by atoms with Gasteiger partial charge in [0.05, 0.1) is 9.77 Å². The highest BCUT2D eigenvalue weighted by Crippen LogP contribution is 2.41. The molecule has 1 aliphatic rings. The highest BCUT2D eigenvalue weighted by molar-refractivity contribution is 7.97. The molecule has 0 fully saturated rings. The molecule has 0 atom stereocenters. The van der Waals surface area contributed by atoms with Crippen LogP contribution in [0, 0.1) is 0 Å². The lowest BCUT2D eigenvalue weighted by atomic mass is 10.3. The van der Waals surface area contributed by atoms with Gasteiger partial charge in [0.15, 0.2) is 11.5 Å². The lowest BCUT2D eigenvalue weighted by Crippen LogP contribution is -2.27. The van der Waals surface area contributed by atoms with Gasteiger partial charge in [-0.3, -0.25) is 4.79 Å². The number of hydrogen-bond donors (Lipinski definition) is 2. The third-order valence-electron chi connectivity index (χ3n) is 2.74. The van der Waals surface area contributed by atoms with E-state index in [1.165, 1.54) is 23.3 Å². The number of rotatable bonds is 2. The van der Waals surface area contributed by atoms with E-state index in [9.17, 15) is 9.90 Å². The Hall–Kier alpha value is -1.99. The Labute approximate surface area is 124 Å². The summed E-state index contributed by atoms with van der Waals surface area (Å²) in [6.45, 7) is 0. The maximum Gasteiger partial charge on any atom is 0.277 e. The van der Waals surface area contributed by atoms with Gasteiger partial charge >= 0.3 is 0 Å². The number of carbonyl (C=O) groups excluding carboxylic acids is 1. The zero-order chi connectivity index (χ0) is 14.1. The van der Waals surface area contributed by atoms with Crippen LogP contribution in [-0.4, -0.2) is 27.4 Å². The van der Waals surface area contributed by atoms with E-state index < -0.39 is 0 Å². The number of aliphatic hydroxyl groups is 1. The molecular formula is C13H11N3O2S2.